The lowest BCUT2D eigenvalue weighted by Gasteiger charge is -2.16. The van der Waals surface area contributed by atoms with Crippen molar-refractivity contribution >= 4 is 17.6 Å². The molecule has 0 fully saturated rings. The van der Waals surface area contributed by atoms with Gasteiger partial charge in [-0.1, -0.05) is 48.0 Å². The smallest absolute Gasteiger partial charge is 0.354 e. The van der Waals surface area contributed by atoms with Crippen LogP contribution in [0, 0.1) is 6.92 Å². The second-order valence-corrected chi connectivity index (χ2v) is 7.23. The van der Waals surface area contributed by atoms with Crippen molar-refractivity contribution < 1.29 is 14.6 Å². The van der Waals surface area contributed by atoms with Gasteiger partial charge in [-0.2, -0.15) is 0 Å². The van der Waals surface area contributed by atoms with E-state index in [2.05, 4.69) is 4.98 Å². The van der Waals surface area contributed by atoms with Gasteiger partial charge in [-0.15, -0.1) is 0 Å². The number of hydrogen-bond acceptors (Lipinski definition) is 3. The monoisotopic (exact) mass is 418 g/mol. The maximum atomic E-state index is 11.4. The first-order valence-electron chi connectivity index (χ1n) is 9.38. The van der Waals surface area contributed by atoms with Crippen LogP contribution in [0.15, 0.2) is 78.9 Å². The summed E-state index contributed by atoms with van der Waals surface area (Å²) < 4.78 is 8.00. The van der Waals surface area contributed by atoms with E-state index < -0.39 is 5.97 Å². The molecule has 0 radical (unpaired) electrons. The Labute approximate surface area is 179 Å². The van der Waals surface area contributed by atoms with Crippen molar-refractivity contribution in [2.45, 2.75) is 13.5 Å². The highest BCUT2D eigenvalue weighted by Gasteiger charge is 2.17. The van der Waals surface area contributed by atoms with Crippen molar-refractivity contribution in [3.63, 3.8) is 0 Å². The molecule has 1 N–H and O–H groups in total. The maximum Gasteiger partial charge on any atom is 0.354 e. The number of aromatic carboxylic acids is 1. The molecule has 0 amide bonds. The van der Waals surface area contributed by atoms with Crippen molar-refractivity contribution in [2.75, 3.05) is 0 Å². The molecule has 30 heavy (non-hydrogen) atoms. The minimum atomic E-state index is -1.07. The number of halogens is 1. The lowest BCUT2D eigenvalue weighted by atomic mass is 10.1. The molecule has 0 spiro atoms. The van der Waals surface area contributed by atoms with Gasteiger partial charge in [0.15, 0.2) is 5.69 Å². The summed E-state index contributed by atoms with van der Waals surface area (Å²) in [5.74, 6) is 0.122. The molecule has 2 aromatic carbocycles. The summed E-state index contributed by atoms with van der Waals surface area (Å²) in [5, 5.41) is 9.89. The van der Waals surface area contributed by atoms with Crippen molar-refractivity contribution in [1.82, 2.24) is 9.55 Å². The molecule has 0 atom stereocenters. The standard InChI is InChI=1S/C24H19ClN2O3/c1-16-10-12-21(27(16)23-9-5-8-20(26-23)24(28)29)19-14-18(25)11-13-22(19)30-15-17-6-3-2-4-7-17/h2-14H,15H2,1H3,(H,28,29). The van der Waals surface area contributed by atoms with Gasteiger partial charge in [-0.3, -0.25) is 4.57 Å². The summed E-state index contributed by atoms with van der Waals surface area (Å²) in [6.45, 7) is 2.36. The van der Waals surface area contributed by atoms with Crippen LogP contribution in [0.4, 0.5) is 0 Å². The summed E-state index contributed by atoms with van der Waals surface area (Å²) in [4.78, 5) is 15.7. The molecular formula is C24H19ClN2O3. The van der Waals surface area contributed by atoms with E-state index in [0.717, 1.165) is 22.5 Å². The van der Waals surface area contributed by atoms with Crippen LogP contribution in [0.25, 0.3) is 17.1 Å². The van der Waals surface area contributed by atoms with E-state index in [0.29, 0.717) is 23.2 Å². The first kappa shape index (κ1) is 19.7. The van der Waals surface area contributed by atoms with E-state index in [-0.39, 0.29) is 5.69 Å². The summed E-state index contributed by atoms with van der Waals surface area (Å²) in [6, 6.07) is 24.2. The van der Waals surface area contributed by atoms with Gasteiger partial charge >= 0.3 is 5.97 Å². The number of carboxylic acids is 1. The van der Waals surface area contributed by atoms with Crippen molar-refractivity contribution in [3.8, 4) is 22.8 Å². The zero-order valence-electron chi connectivity index (χ0n) is 16.2. The van der Waals surface area contributed by atoms with Crippen LogP contribution in [0.2, 0.25) is 5.02 Å². The minimum Gasteiger partial charge on any atom is -0.488 e. The lowest BCUT2D eigenvalue weighted by Crippen LogP contribution is -2.07. The van der Waals surface area contributed by atoms with Gasteiger partial charge in [0.2, 0.25) is 0 Å². The highest BCUT2D eigenvalue weighted by Crippen LogP contribution is 2.35. The average Bonchev–Trinajstić information content (AvgIpc) is 3.15. The molecule has 4 aromatic rings. The Balaban J connectivity index is 1.77. The van der Waals surface area contributed by atoms with Gasteiger partial charge in [-0.05, 0) is 55.0 Å². The molecule has 6 heteroatoms. The molecule has 0 saturated heterocycles. The number of aryl methyl sites for hydroxylation is 1. The number of carboxylic acid groups (broad SMARTS) is 1. The van der Waals surface area contributed by atoms with Gasteiger partial charge in [-0.25, -0.2) is 9.78 Å². The Morgan fingerprint density at radius 3 is 2.60 bits per heavy atom. The number of ether oxygens (including phenoxy) is 1. The fourth-order valence-corrected chi connectivity index (χ4v) is 3.46. The second kappa shape index (κ2) is 8.43. The van der Waals surface area contributed by atoms with Crippen LogP contribution in [-0.2, 0) is 6.61 Å². The lowest BCUT2D eigenvalue weighted by molar-refractivity contribution is 0.0690. The summed E-state index contributed by atoms with van der Waals surface area (Å²) >= 11 is 6.30. The molecule has 0 bridgehead atoms. The Morgan fingerprint density at radius 2 is 1.83 bits per heavy atom. The van der Waals surface area contributed by atoms with E-state index in [1.165, 1.54) is 6.07 Å². The summed E-state index contributed by atoms with van der Waals surface area (Å²) in [6.07, 6.45) is 0. The van der Waals surface area contributed by atoms with Gasteiger partial charge in [0.25, 0.3) is 0 Å². The van der Waals surface area contributed by atoms with Crippen molar-refractivity contribution in [1.29, 1.82) is 0 Å². The Bertz CT molecular complexity index is 1200. The van der Waals surface area contributed by atoms with E-state index in [4.69, 9.17) is 16.3 Å². The molecule has 0 aliphatic rings. The van der Waals surface area contributed by atoms with Gasteiger partial charge in [0.1, 0.15) is 18.2 Å². The largest absolute Gasteiger partial charge is 0.488 e. The first-order chi connectivity index (χ1) is 14.5. The van der Waals surface area contributed by atoms with E-state index in [1.807, 2.05) is 66.1 Å². The van der Waals surface area contributed by atoms with Crippen LogP contribution in [0.1, 0.15) is 21.7 Å². The molecule has 5 nitrogen and oxygen atoms in total. The van der Waals surface area contributed by atoms with Crippen LogP contribution in [0.3, 0.4) is 0 Å². The Hall–Kier alpha value is -3.57. The van der Waals surface area contributed by atoms with E-state index >= 15 is 0 Å². The molecule has 2 heterocycles. The quantitative estimate of drug-likeness (QED) is 0.431. The third-order valence-corrected chi connectivity index (χ3v) is 4.95. The van der Waals surface area contributed by atoms with Gasteiger partial charge in [0, 0.05) is 16.3 Å². The van der Waals surface area contributed by atoms with Gasteiger partial charge < -0.3 is 9.84 Å². The summed E-state index contributed by atoms with van der Waals surface area (Å²) in [5.41, 5.74) is 3.56. The fraction of sp³-hybridized carbons (Fsp3) is 0.0833. The number of nitrogens with zero attached hydrogens (tertiary/aromatic N) is 2. The number of rotatable bonds is 6. The SMILES string of the molecule is Cc1ccc(-c2cc(Cl)ccc2OCc2ccccc2)n1-c1cccc(C(=O)O)n1. The average molecular weight is 419 g/mol. The van der Waals surface area contributed by atoms with Crippen LogP contribution in [-0.4, -0.2) is 20.6 Å². The molecule has 0 unspecified atom stereocenters. The third-order valence-electron chi connectivity index (χ3n) is 4.71. The number of hydrogen-bond donors (Lipinski definition) is 1. The third kappa shape index (κ3) is 4.07. The zero-order valence-corrected chi connectivity index (χ0v) is 17.0. The van der Waals surface area contributed by atoms with Crippen LogP contribution < -0.4 is 4.74 Å². The molecular weight excluding hydrogens is 400 g/mol. The molecule has 150 valence electrons. The highest BCUT2D eigenvalue weighted by atomic mass is 35.5. The fourth-order valence-electron chi connectivity index (χ4n) is 3.28. The second-order valence-electron chi connectivity index (χ2n) is 6.80. The Kier molecular flexibility index (Phi) is 5.55. The van der Waals surface area contributed by atoms with E-state index in [9.17, 15) is 9.90 Å². The molecule has 0 aliphatic carbocycles. The minimum absolute atomic E-state index is 0.0156. The first-order valence-corrected chi connectivity index (χ1v) is 9.76. The number of pyridine rings is 1. The normalized spacial score (nSPS) is 10.7. The predicted octanol–water partition coefficient (Wildman–Crippen LogP) is 5.78. The number of carbonyl (C=O) groups is 1. The highest BCUT2D eigenvalue weighted by molar-refractivity contribution is 6.31. The van der Waals surface area contributed by atoms with Crippen LogP contribution in [0.5, 0.6) is 5.75 Å². The number of aromatic nitrogens is 2. The molecule has 4 rings (SSSR count). The molecule has 0 saturated carbocycles. The molecule has 0 aliphatic heterocycles. The van der Waals surface area contributed by atoms with Crippen LogP contribution >= 0.6 is 11.6 Å². The van der Waals surface area contributed by atoms with E-state index in [1.54, 1.807) is 18.2 Å². The zero-order chi connectivity index (χ0) is 21.1. The van der Waals surface area contributed by atoms with Crippen molar-refractivity contribution in [3.05, 3.63) is 101 Å². The van der Waals surface area contributed by atoms with Gasteiger partial charge in [0.05, 0.1) is 5.69 Å². The topological polar surface area (TPSA) is 64.3 Å². The number of benzene rings is 2. The predicted molar refractivity (Wildman–Crippen MR) is 116 cm³/mol. The Morgan fingerprint density at radius 1 is 1.03 bits per heavy atom. The molecule has 2 aromatic heterocycles. The van der Waals surface area contributed by atoms with Crippen molar-refractivity contribution in [2.24, 2.45) is 0 Å². The summed E-state index contributed by atoms with van der Waals surface area (Å²) in [7, 11) is 0. The maximum absolute atomic E-state index is 11.4.